The van der Waals surface area contributed by atoms with Crippen molar-refractivity contribution >= 4 is 39.2 Å². The maximum atomic E-state index is 13.7. The van der Waals surface area contributed by atoms with Crippen LogP contribution in [0.25, 0.3) is 11.0 Å². The van der Waals surface area contributed by atoms with Crippen LogP contribution in [0.4, 0.5) is 4.39 Å². The highest BCUT2D eigenvalue weighted by molar-refractivity contribution is 9.10. The van der Waals surface area contributed by atoms with Crippen molar-refractivity contribution in [2.45, 2.75) is 33.7 Å². The second-order valence-corrected chi connectivity index (χ2v) is 6.87. The first-order valence-corrected chi connectivity index (χ1v) is 7.01. The molecule has 1 unspecified atom stereocenters. The van der Waals surface area contributed by atoms with Crippen LogP contribution in [0.1, 0.15) is 33.7 Å². The lowest BCUT2D eigenvalue weighted by molar-refractivity contribution is 0.265. The van der Waals surface area contributed by atoms with Gasteiger partial charge in [0.15, 0.2) is 4.77 Å². The summed E-state index contributed by atoms with van der Waals surface area (Å²) in [5.41, 5.74) is 1.71. The largest absolute Gasteiger partial charge is 0.331 e. The van der Waals surface area contributed by atoms with Crippen LogP contribution in [-0.4, -0.2) is 9.55 Å². The Kier molecular flexibility index (Phi) is 3.40. The van der Waals surface area contributed by atoms with Gasteiger partial charge in [0.1, 0.15) is 5.82 Å². The molecule has 1 atom stereocenters. The van der Waals surface area contributed by atoms with Gasteiger partial charge >= 0.3 is 0 Å². The van der Waals surface area contributed by atoms with Crippen LogP contribution < -0.4 is 0 Å². The summed E-state index contributed by atoms with van der Waals surface area (Å²) < 4.78 is 16.8. The van der Waals surface area contributed by atoms with Crippen LogP contribution >= 0.6 is 28.1 Å². The van der Waals surface area contributed by atoms with E-state index in [1.54, 1.807) is 6.07 Å². The van der Waals surface area contributed by atoms with Gasteiger partial charge in [0.2, 0.25) is 0 Å². The number of hydrogen-bond acceptors (Lipinski definition) is 1. The molecule has 1 aromatic heterocycles. The lowest BCUT2D eigenvalue weighted by atomic mass is 9.88. The zero-order valence-corrected chi connectivity index (χ0v) is 13.2. The lowest BCUT2D eigenvalue weighted by Gasteiger charge is -2.29. The van der Waals surface area contributed by atoms with Gasteiger partial charge in [0, 0.05) is 12.1 Å². The fourth-order valence-electron chi connectivity index (χ4n) is 1.89. The summed E-state index contributed by atoms with van der Waals surface area (Å²) in [5.74, 6) is -0.272. The quantitative estimate of drug-likeness (QED) is 0.712. The summed E-state index contributed by atoms with van der Waals surface area (Å²) in [6, 6.07) is 3.43. The molecule has 98 valence electrons. The number of aromatic amines is 1. The number of fused-ring (bicyclic) bond motifs is 1. The van der Waals surface area contributed by atoms with Crippen molar-refractivity contribution in [2.24, 2.45) is 5.41 Å². The Morgan fingerprint density at radius 1 is 1.39 bits per heavy atom. The Morgan fingerprint density at radius 2 is 2.00 bits per heavy atom. The number of halogens is 2. The molecule has 2 rings (SSSR count). The summed E-state index contributed by atoms with van der Waals surface area (Å²) in [5, 5.41) is 0. The predicted octanol–water partition coefficient (Wildman–Crippen LogP) is 5.21. The second-order valence-electron chi connectivity index (χ2n) is 5.63. The number of benzene rings is 1. The molecule has 0 amide bonds. The summed E-state index contributed by atoms with van der Waals surface area (Å²) in [6.07, 6.45) is 0. The molecule has 5 heteroatoms. The minimum absolute atomic E-state index is 0.0525. The van der Waals surface area contributed by atoms with E-state index in [4.69, 9.17) is 12.2 Å². The minimum atomic E-state index is -0.272. The van der Waals surface area contributed by atoms with Crippen molar-refractivity contribution in [2.75, 3.05) is 0 Å². The number of nitrogens with one attached hydrogen (secondary N) is 1. The van der Waals surface area contributed by atoms with E-state index in [1.165, 1.54) is 6.07 Å². The van der Waals surface area contributed by atoms with Gasteiger partial charge in [-0.2, -0.15) is 0 Å². The van der Waals surface area contributed by atoms with E-state index in [2.05, 4.69) is 48.6 Å². The SMILES string of the molecule is CC(n1c(=S)[nH]c2cc(Br)c(F)cc21)C(C)(C)C. The molecule has 0 fully saturated rings. The lowest BCUT2D eigenvalue weighted by Crippen LogP contribution is -2.21. The van der Waals surface area contributed by atoms with Gasteiger partial charge in [0.25, 0.3) is 0 Å². The highest BCUT2D eigenvalue weighted by atomic mass is 79.9. The number of rotatable bonds is 1. The van der Waals surface area contributed by atoms with Gasteiger partial charge in [-0.1, -0.05) is 20.8 Å². The molecule has 2 nitrogen and oxygen atoms in total. The van der Waals surface area contributed by atoms with E-state index in [1.807, 2.05) is 4.57 Å². The average molecular weight is 331 g/mol. The zero-order chi connectivity index (χ0) is 13.7. The van der Waals surface area contributed by atoms with Crippen LogP contribution in [0, 0.1) is 16.0 Å². The molecule has 1 N–H and O–H groups in total. The maximum absolute atomic E-state index is 13.7. The Hall–Kier alpha value is -0.680. The van der Waals surface area contributed by atoms with E-state index in [-0.39, 0.29) is 17.3 Å². The molecule has 0 spiro atoms. The molecule has 1 aromatic carbocycles. The number of aromatic nitrogens is 2. The van der Waals surface area contributed by atoms with Crippen LogP contribution in [0.3, 0.4) is 0 Å². The molecule has 0 saturated heterocycles. The van der Waals surface area contributed by atoms with E-state index >= 15 is 0 Å². The highest BCUT2D eigenvalue weighted by Gasteiger charge is 2.24. The molecule has 0 radical (unpaired) electrons. The van der Waals surface area contributed by atoms with Gasteiger partial charge in [-0.3, -0.25) is 0 Å². The third-order valence-electron chi connectivity index (χ3n) is 3.40. The van der Waals surface area contributed by atoms with Crippen molar-refractivity contribution in [1.29, 1.82) is 0 Å². The average Bonchev–Trinajstić information content (AvgIpc) is 2.52. The molecule has 2 aromatic rings. The monoisotopic (exact) mass is 330 g/mol. The number of nitrogens with zero attached hydrogens (tertiary/aromatic N) is 1. The van der Waals surface area contributed by atoms with Crippen molar-refractivity contribution in [3.05, 3.63) is 27.2 Å². The van der Waals surface area contributed by atoms with Crippen LogP contribution in [-0.2, 0) is 0 Å². The van der Waals surface area contributed by atoms with Gasteiger partial charge in [-0.15, -0.1) is 0 Å². The van der Waals surface area contributed by atoms with Gasteiger partial charge in [0.05, 0.1) is 15.5 Å². The number of H-pyrrole nitrogens is 1. The third kappa shape index (κ3) is 2.26. The van der Waals surface area contributed by atoms with Crippen molar-refractivity contribution in [1.82, 2.24) is 9.55 Å². The molecule has 0 bridgehead atoms. The normalized spacial score (nSPS) is 14.1. The first kappa shape index (κ1) is 13.7. The maximum Gasteiger partial charge on any atom is 0.178 e. The van der Waals surface area contributed by atoms with Crippen LogP contribution in [0.15, 0.2) is 16.6 Å². The van der Waals surface area contributed by atoms with E-state index < -0.39 is 0 Å². The molecule has 0 aliphatic heterocycles. The summed E-state index contributed by atoms with van der Waals surface area (Å²) in [7, 11) is 0. The molecule has 18 heavy (non-hydrogen) atoms. The molecule has 0 saturated carbocycles. The standard InChI is InChI=1S/C13H16BrFN2S/c1-7(13(2,3)4)17-11-6-9(15)8(14)5-10(11)16-12(17)18/h5-7H,1-4H3,(H,16,18). The van der Waals surface area contributed by atoms with Crippen molar-refractivity contribution < 1.29 is 4.39 Å². The molecular weight excluding hydrogens is 315 g/mol. The second kappa shape index (κ2) is 4.46. The van der Waals surface area contributed by atoms with Gasteiger partial charge in [-0.25, -0.2) is 4.39 Å². The molecule has 0 aliphatic rings. The fraction of sp³-hybridized carbons (Fsp3) is 0.462. The molecular formula is C13H16BrFN2S. The Balaban J connectivity index is 2.75. The molecule has 0 aliphatic carbocycles. The predicted molar refractivity (Wildman–Crippen MR) is 78.9 cm³/mol. The molecule has 1 heterocycles. The first-order valence-electron chi connectivity index (χ1n) is 5.81. The zero-order valence-electron chi connectivity index (χ0n) is 10.8. The van der Waals surface area contributed by atoms with Crippen LogP contribution in [0.2, 0.25) is 0 Å². The number of hydrogen-bond donors (Lipinski definition) is 1. The van der Waals surface area contributed by atoms with Gasteiger partial charge < -0.3 is 9.55 Å². The third-order valence-corrected chi connectivity index (χ3v) is 4.31. The van der Waals surface area contributed by atoms with Crippen LogP contribution in [0.5, 0.6) is 0 Å². The Labute approximate surface area is 119 Å². The number of imidazole rings is 1. The summed E-state index contributed by atoms with van der Waals surface area (Å²) in [6.45, 7) is 8.54. The van der Waals surface area contributed by atoms with E-state index in [9.17, 15) is 4.39 Å². The smallest absolute Gasteiger partial charge is 0.178 e. The fourth-order valence-corrected chi connectivity index (χ4v) is 2.60. The van der Waals surface area contributed by atoms with E-state index in [0.29, 0.717) is 9.24 Å². The Bertz CT molecular complexity index is 651. The summed E-state index contributed by atoms with van der Waals surface area (Å²) in [4.78, 5) is 3.13. The van der Waals surface area contributed by atoms with E-state index in [0.717, 1.165) is 11.0 Å². The van der Waals surface area contributed by atoms with Crippen molar-refractivity contribution in [3.63, 3.8) is 0 Å². The van der Waals surface area contributed by atoms with Crippen molar-refractivity contribution in [3.8, 4) is 0 Å². The minimum Gasteiger partial charge on any atom is -0.331 e. The Morgan fingerprint density at radius 3 is 2.56 bits per heavy atom. The highest BCUT2D eigenvalue weighted by Crippen LogP contribution is 2.34. The summed E-state index contributed by atoms with van der Waals surface area (Å²) >= 11 is 8.54. The first-order chi connectivity index (χ1) is 8.21. The topological polar surface area (TPSA) is 20.7 Å². The van der Waals surface area contributed by atoms with Gasteiger partial charge in [-0.05, 0) is 46.6 Å².